The van der Waals surface area contributed by atoms with Crippen LogP contribution in [0.3, 0.4) is 0 Å². The summed E-state index contributed by atoms with van der Waals surface area (Å²) >= 11 is 0. The Kier molecular flexibility index (Phi) is 6.98. The van der Waals surface area contributed by atoms with Crippen molar-refractivity contribution in [2.45, 2.75) is 31.8 Å². The lowest BCUT2D eigenvalue weighted by Gasteiger charge is -2.33. The number of nitrogens with zero attached hydrogens (tertiary/aromatic N) is 3. The number of carbonyl (C=O) groups excluding carboxylic acids is 1. The van der Waals surface area contributed by atoms with Gasteiger partial charge in [-0.1, -0.05) is 18.6 Å². The predicted octanol–water partition coefficient (Wildman–Crippen LogP) is 3.71. The molecule has 152 valence electrons. The molecule has 1 aliphatic heterocycles. The third-order valence-corrected chi connectivity index (χ3v) is 5.37. The van der Waals surface area contributed by atoms with Gasteiger partial charge in [0, 0.05) is 39.9 Å². The molecule has 0 saturated carbocycles. The number of carbonyl (C=O) groups is 1. The Bertz CT molecular complexity index is 722. The lowest BCUT2D eigenvalue weighted by atomic mass is 10.1. The van der Waals surface area contributed by atoms with Gasteiger partial charge in [-0.3, -0.25) is 4.90 Å². The number of hydrogen-bond acceptors (Lipinski definition) is 4. The first-order valence-corrected chi connectivity index (χ1v) is 10.1. The quantitative estimate of drug-likeness (QED) is 0.791. The zero-order valence-corrected chi connectivity index (χ0v) is 17.2. The van der Waals surface area contributed by atoms with E-state index in [4.69, 9.17) is 4.42 Å². The molecule has 1 fully saturated rings. The first kappa shape index (κ1) is 20.3. The highest BCUT2D eigenvalue weighted by Gasteiger charge is 2.25. The lowest BCUT2D eigenvalue weighted by molar-refractivity contribution is 0.140. The number of benzene rings is 1. The van der Waals surface area contributed by atoms with Crippen LogP contribution in [0.15, 0.2) is 47.1 Å². The molecule has 0 spiro atoms. The Morgan fingerprint density at radius 3 is 2.43 bits per heavy atom. The molecule has 1 aromatic heterocycles. The van der Waals surface area contributed by atoms with Gasteiger partial charge in [-0.2, -0.15) is 0 Å². The molecule has 2 amide bonds. The molecule has 0 radical (unpaired) electrons. The molecule has 1 unspecified atom stereocenters. The number of urea groups is 1. The van der Waals surface area contributed by atoms with E-state index in [0.717, 1.165) is 30.1 Å². The van der Waals surface area contributed by atoms with Crippen LogP contribution >= 0.6 is 0 Å². The number of nitrogens with one attached hydrogen (secondary N) is 1. The van der Waals surface area contributed by atoms with E-state index >= 15 is 0 Å². The summed E-state index contributed by atoms with van der Waals surface area (Å²) in [6, 6.07) is 12.2. The van der Waals surface area contributed by atoms with Crippen molar-refractivity contribution in [1.29, 1.82) is 0 Å². The Balaban J connectivity index is 1.56. The molecule has 1 aromatic carbocycles. The zero-order chi connectivity index (χ0) is 19.9. The van der Waals surface area contributed by atoms with Gasteiger partial charge in [0.05, 0.1) is 12.3 Å². The number of likely N-dealkylation sites (tertiary alicyclic amines) is 1. The fraction of sp³-hybridized carbons (Fsp3) is 0.500. The van der Waals surface area contributed by atoms with E-state index in [-0.39, 0.29) is 12.1 Å². The molecule has 1 aliphatic rings. The van der Waals surface area contributed by atoms with Crippen LogP contribution in [-0.4, -0.2) is 56.6 Å². The highest BCUT2D eigenvalue weighted by atomic mass is 16.3. The largest absolute Gasteiger partial charge is 0.468 e. The summed E-state index contributed by atoms with van der Waals surface area (Å²) < 4.78 is 5.66. The molecule has 3 rings (SSSR count). The minimum atomic E-state index is -0.0646. The summed E-state index contributed by atoms with van der Waals surface area (Å²) in [5.41, 5.74) is 2.26. The number of hydrogen-bond donors (Lipinski definition) is 1. The monoisotopic (exact) mass is 384 g/mol. The average Bonchev–Trinajstić information content (AvgIpc) is 3.23. The second-order valence-corrected chi connectivity index (χ2v) is 7.73. The minimum Gasteiger partial charge on any atom is -0.468 e. The number of furan rings is 1. The summed E-state index contributed by atoms with van der Waals surface area (Å²) in [4.78, 5) is 18.8. The van der Waals surface area contributed by atoms with E-state index in [0.29, 0.717) is 13.1 Å². The number of piperidine rings is 1. The Hall–Kier alpha value is -2.47. The van der Waals surface area contributed by atoms with Gasteiger partial charge in [0.1, 0.15) is 5.76 Å². The molecule has 2 aromatic rings. The van der Waals surface area contributed by atoms with Gasteiger partial charge < -0.3 is 19.5 Å². The molecule has 6 heteroatoms. The topological polar surface area (TPSA) is 52.0 Å². The number of rotatable bonds is 7. The van der Waals surface area contributed by atoms with Crippen molar-refractivity contribution in [1.82, 2.24) is 15.1 Å². The van der Waals surface area contributed by atoms with Gasteiger partial charge in [-0.05, 0) is 55.8 Å². The first-order chi connectivity index (χ1) is 13.5. The summed E-state index contributed by atoms with van der Waals surface area (Å²) in [6.45, 7) is 3.23. The first-order valence-electron chi connectivity index (χ1n) is 10.1. The second kappa shape index (κ2) is 9.64. The van der Waals surface area contributed by atoms with Crippen LogP contribution in [0.4, 0.5) is 10.5 Å². The van der Waals surface area contributed by atoms with E-state index < -0.39 is 0 Å². The van der Waals surface area contributed by atoms with Crippen molar-refractivity contribution >= 4 is 11.7 Å². The molecule has 1 atom stereocenters. The molecule has 1 saturated heterocycles. The SMILES string of the molecule is CN(Cc1ccc(N(C)C)cc1)C(=O)NCC(c1ccco1)N1CCCCC1. The van der Waals surface area contributed by atoms with Gasteiger partial charge >= 0.3 is 6.03 Å². The van der Waals surface area contributed by atoms with Crippen LogP contribution < -0.4 is 10.2 Å². The van der Waals surface area contributed by atoms with Crippen molar-refractivity contribution in [3.63, 3.8) is 0 Å². The molecule has 28 heavy (non-hydrogen) atoms. The number of amides is 2. The molecule has 0 bridgehead atoms. The average molecular weight is 385 g/mol. The maximum atomic E-state index is 12.6. The molecule has 6 nitrogen and oxygen atoms in total. The van der Waals surface area contributed by atoms with Gasteiger partial charge in [-0.25, -0.2) is 4.79 Å². The van der Waals surface area contributed by atoms with E-state index in [1.54, 1.807) is 11.2 Å². The van der Waals surface area contributed by atoms with E-state index in [1.165, 1.54) is 19.3 Å². The van der Waals surface area contributed by atoms with Crippen molar-refractivity contribution in [3.05, 3.63) is 54.0 Å². The minimum absolute atomic E-state index is 0.0646. The Morgan fingerprint density at radius 2 is 1.82 bits per heavy atom. The van der Waals surface area contributed by atoms with Gasteiger partial charge in [0.15, 0.2) is 0 Å². The maximum absolute atomic E-state index is 12.6. The summed E-state index contributed by atoms with van der Waals surface area (Å²) in [7, 11) is 5.87. The van der Waals surface area contributed by atoms with E-state index in [9.17, 15) is 4.79 Å². The molecule has 0 aliphatic carbocycles. The summed E-state index contributed by atoms with van der Waals surface area (Å²) in [5.74, 6) is 0.920. The van der Waals surface area contributed by atoms with E-state index in [2.05, 4.69) is 39.4 Å². The lowest BCUT2D eigenvalue weighted by Crippen LogP contribution is -2.44. The third-order valence-electron chi connectivity index (χ3n) is 5.37. The summed E-state index contributed by atoms with van der Waals surface area (Å²) in [5, 5.41) is 3.10. The van der Waals surface area contributed by atoms with E-state index in [1.807, 2.05) is 33.3 Å². The van der Waals surface area contributed by atoms with Crippen LogP contribution in [-0.2, 0) is 6.54 Å². The van der Waals surface area contributed by atoms with Crippen LogP contribution in [0.5, 0.6) is 0 Å². The van der Waals surface area contributed by atoms with Crippen molar-refractivity contribution in [2.75, 3.05) is 45.7 Å². The van der Waals surface area contributed by atoms with Gasteiger partial charge in [0.2, 0.25) is 0 Å². The molecular weight excluding hydrogens is 352 g/mol. The Labute approximate surface area is 168 Å². The molecular formula is C22H32N4O2. The molecule has 1 N–H and O–H groups in total. The third kappa shape index (κ3) is 5.29. The standard InChI is InChI=1S/C22H32N4O2/c1-24(2)19-11-9-18(10-12-19)17-25(3)22(27)23-16-20(21-8-7-15-28-21)26-13-5-4-6-14-26/h7-12,15,20H,4-6,13-14,16-17H2,1-3H3,(H,23,27). The van der Waals surface area contributed by atoms with Crippen molar-refractivity contribution in [2.24, 2.45) is 0 Å². The fourth-order valence-corrected chi connectivity index (χ4v) is 3.68. The van der Waals surface area contributed by atoms with Crippen LogP contribution in [0.25, 0.3) is 0 Å². The normalized spacial score (nSPS) is 15.8. The highest BCUT2D eigenvalue weighted by Crippen LogP contribution is 2.24. The second-order valence-electron chi connectivity index (χ2n) is 7.73. The van der Waals surface area contributed by atoms with Gasteiger partial charge in [-0.15, -0.1) is 0 Å². The van der Waals surface area contributed by atoms with Crippen LogP contribution in [0.1, 0.15) is 36.6 Å². The summed E-state index contributed by atoms with van der Waals surface area (Å²) in [6.07, 6.45) is 5.39. The smallest absolute Gasteiger partial charge is 0.317 e. The maximum Gasteiger partial charge on any atom is 0.317 e. The van der Waals surface area contributed by atoms with Crippen molar-refractivity contribution in [3.8, 4) is 0 Å². The molecule has 2 heterocycles. The van der Waals surface area contributed by atoms with Gasteiger partial charge in [0.25, 0.3) is 0 Å². The van der Waals surface area contributed by atoms with Crippen LogP contribution in [0.2, 0.25) is 0 Å². The Morgan fingerprint density at radius 1 is 1.11 bits per heavy atom. The highest BCUT2D eigenvalue weighted by molar-refractivity contribution is 5.73. The van der Waals surface area contributed by atoms with Crippen LogP contribution in [0, 0.1) is 0 Å². The fourth-order valence-electron chi connectivity index (χ4n) is 3.68. The number of anilines is 1. The zero-order valence-electron chi connectivity index (χ0n) is 17.2. The van der Waals surface area contributed by atoms with Crippen molar-refractivity contribution < 1.29 is 9.21 Å². The predicted molar refractivity (Wildman–Crippen MR) is 113 cm³/mol.